The summed E-state index contributed by atoms with van der Waals surface area (Å²) in [6, 6.07) is 9.44. The summed E-state index contributed by atoms with van der Waals surface area (Å²) >= 11 is 1.37. The Kier molecular flexibility index (Phi) is 4.12. The molecule has 26 heavy (non-hydrogen) atoms. The molecule has 0 aliphatic carbocycles. The fourth-order valence-electron chi connectivity index (χ4n) is 3.32. The van der Waals surface area contributed by atoms with Gasteiger partial charge in [0.05, 0.1) is 24.2 Å². The number of rotatable bonds is 3. The van der Waals surface area contributed by atoms with Gasteiger partial charge in [-0.2, -0.15) is 0 Å². The summed E-state index contributed by atoms with van der Waals surface area (Å²) in [7, 11) is 1.53. The number of methoxy groups -OCH3 is 1. The molecule has 1 atom stereocenters. The second-order valence-corrected chi connectivity index (χ2v) is 7.04. The molecule has 1 aromatic heterocycles. The summed E-state index contributed by atoms with van der Waals surface area (Å²) in [6.07, 6.45) is 0. The lowest BCUT2D eigenvalue weighted by Crippen LogP contribution is -2.54. The maximum absolute atomic E-state index is 12.9. The predicted molar refractivity (Wildman–Crippen MR) is 96.6 cm³/mol. The zero-order valence-corrected chi connectivity index (χ0v) is 14.9. The summed E-state index contributed by atoms with van der Waals surface area (Å²) in [5.74, 6) is 0.161. The third-order valence-corrected chi connectivity index (χ3v) is 5.51. The zero-order valence-electron chi connectivity index (χ0n) is 14.1. The number of imide groups is 1. The molecule has 134 valence electrons. The fourth-order valence-corrected chi connectivity index (χ4v) is 4.01. The first-order chi connectivity index (χ1) is 12.6. The highest BCUT2D eigenvalue weighted by Gasteiger charge is 2.49. The van der Waals surface area contributed by atoms with Gasteiger partial charge in [-0.3, -0.25) is 9.59 Å². The second-order valence-electron chi connectivity index (χ2n) is 6.10. The van der Waals surface area contributed by atoms with Gasteiger partial charge in [0.15, 0.2) is 0 Å². The van der Waals surface area contributed by atoms with Crippen LogP contribution < -0.4 is 9.64 Å². The molecule has 1 aromatic carbocycles. The van der Waals surface area contributed by atoms with Crippen molar-refractivity contribution >= 4 is 34.9 Å². The Labute approximate surface area is 154 Å². The average molecular weight is 371 g/mol. The van der Waals surface area contributed by atoms with Crippen molar-refractivity contribution in [2.24, 2.45) is 0 Å². The van der Waals surface area contributed by atoms with Gasteiger partial charge < -0.3 is 14.5 Å². The highest BCUT2D eigenvalue weighted by molar-refractivity contribution is 7.12. The van der Waals surface area contributed by atoms with Gasteiger partial charge in [0.2, 0.25) is 0 Å². The van der Waals surface area contributed by atoms with Crippen molar-refractivity contribution in [2.45, 2.75) is 6.04 Å². The van der Waals surface area contributed by atoms with E-state index in [1.165, 1.54) is 23.3 Å². The van der Waals surface area contributed by atoms with E-state index in [9.17, 15) is 14.4 Å². The molecule has 0 bridgehead atoms. The van der Waals surface area contributed by atoms with E-state index >= 15 is 0 Å². The van der Waals surface area contributed by atoms with Crippen molar-refractivity contribution in [1.82, 2.24) is 9.80 Å². The third-order valence-electron chi connectivity index (χ3n) is 4.65. The summed E-state index contributed by atoms with van der Waals surface area (Å²) in [5, 5.41) is 1.85. The van der Waals surface area contributed by atoms with Crippen molar-refractivity contribution in [3.8, 4) is 5.75 Å². The van der Waals surface area contributed by atoms with Crippen molar-refractivity contribution < 1.29 is 19.1 Å². The molecule has 2 fully saturated rings. The Bertz CT molecular complexity index is 867. The van der Waals surface area contributed by atoms with Crippen LogP contribution in [0.4, 0.5) is 10.5 Å². The van der Waals surface area contributed by atoms with Gasteiger partial charge in [-0.05, 0) is 23.6 Å². The minimum atomic E-state index is -0.647. The zero-order chi connectivity index (χ0) is 18.3. The van der Waals surface area contributed by atoms with Crippen molar-refractivity contribution in [3.05, 3.63) is 46.7 Å². The number of urea groups is 1. The SMILES string of the molecule is COc1cccc(N2C(=O)C3CN(C(=O)c4cccs4)CCN3C2=O)c1. The molecule has 0 N–H and O–H groups in total. The van der Waals surface area contributed by atoms with Gasteiger partial charge >= 0.3 is 6.03 Å². The number of carbonyl (C=O) groups excluding carboxylic acids is 3. The number of benzene rings is 1. The topological polar surface area (TPSA) is 70.2 Å². The van der Waals surface area contributed by atoms with Crippen LogP contribution >= 0.6 is 11.3 Å². The van der Waals surface area contributed by atoms with E-state index in [-0.39, 0.29) is 24.4 Å². The molecular weight excluding hydrogens is 354 g/mol. The van der Waals surface area contributed by atoms with Gasteiger partial charge in [-0.1, -0.05) is 12.1 Å². The van der Waals surface area contributed by atoms with E-state index in [1.54, 1.807) is 40.1 Å². The average Bonchev–Trinajstić information content (AvgIpc) is 3.29. The third kappa shape index (κ3) is 2.62. The number of carbonyl (C=O) groups is 3. The number of hydrogen-bond donors (Lipinski definition) is 0. The van der Waals surface area contributed by atoms with E-state index in [0.717, 1.165) is 0 Å². The molecule has 1 unspecified atom stereocenters. The number of hydrogen-bond acceptors (Lipinski definition) is 5. The number of thiophene rings is 1. The largest absolute Gasteiger partial charge is 0.497 e. The molecule has 2 aliphatic heterocycles. The maximum Gasteiger partial charge on any atom is 0.332 e. The van der Waals surface area contributed by atoms with E-state index in [4.69, 9.17) is 4.74 Å². The Morgan fingerprint density at radius 3 is 2.77 bits per heavy atom. The summed E-state index contributed by atoms with van der Waals surface area (Å²) in [4.78, 5) is 43.2. The Morgan fingerprint density at radius 2 is 2.04 bits per heavy atom. The monoisotopic (exact) mass is 371 g/mol. The highest BCUT2D eigenvalue weighted by atomic mass is 32.1. The molecular formula is C18H17N3O4S. The van der Waals surface area contributed by atoms with Crippen LogP contribution in [0.1, 0.15) is 9.67 Å². The Hall–Kier alpha value is -2.87. The van der Waals surface area contributed by atoms with Crippen LogP contribution in [0.2, 0.25) is 0 Å². The molecule has 0 spiro atoms. The van der Waals surface area contributed by atoms with Gasteiger partial charge in [0.25, 0.3) is 11.8 Å². The van der Waals surface area contributed by atoms with E-state index < -0.39 is 6.04 Å². The molecule has 2 saturated heterocycles. The van der Waals surface area contributed by atoms with Crippen LogP contribution in [0.3, 0.4) is 0 Å². The molecule has 2 aliphatic rings. The van der Waals surface area contributed by atoms with Crippen LogP contribution in [0, 0.1) is 0 Å². The van der Waals surface area contributed by atoms with Gasteiger partial charge in [0, 0.05) is 19.2 Å². The van der Waals surface area contributed by atoms with Gasteiger partial charge in [-0.25, -0.2) is 9.69 Å². The lowest BCUT2D eigenvalue weighted by atomic mass is 10.1. The predicted octanol–water partition coefficient (Wildman–Crippen LogP) is 2.05. The van der Waals surface area contributed by atoms with Crippen molar-refractivity contribution in [2.75, 3.05) is 31.6 Å². The number of amides is 4. The number of anilines is 1. The first kappa shape index (κ1) is 16.6. The second kappa shape index (κ2) is 6.45. The number of ether oxygens (including phenoxy) is 1. The van der Waals surface area contributed by atoms with E-state index in [2.05, 4.69) is 0 Å². The van der Waals surface area contributed by atoms with Crippen molar-refractivity contribution in [3.63, 3.8) is 0 Å². The standard InChI is InChI=1S/C18H17N3O4S/c1-25-13-5-2-4-12(10-13)21-16(22)14-11-19(7-8-20(14)18(21)24)17(23)15-6-3-9-26-15/h2-6,9-10,14H,7-8,11H2,1H3. The van der Waals surface area contributed by atoms with Gasteiger partial charge in [-0.15, -0.1) is 11.3 Å². The van der Waals surface area contributed by atoms with Crippen LogP contribution in [0.25, 0.3) is 0 Å². The minimum absolute atomic E-state index is 0.0975. The summed E-state index contributed by atoms with van der Waals surface area (Å²) in [5.41, 5.74) is 0.477. The molecule has 0 radical (unpaired) electrons. The van der Waals surface area contributed by atoms with Gasteiger partial charge in [0.1, 0.15) is 11.8 Å². The Balaban J connectivity index is 1.57. The van der Waals surface area contributed by atoms with Crippen LogP contribution in [0.15, 0.2) is 41.8 Å². The number of piperazine rings is 1. The molecule has 7 nitrogen and oxygen atoms in total. The smallest absolute Gasteiger partial charge is 0.332 e. The normalized spacial score (nSPS) is 19.7. The fraction of sp³-hybridized carbons (Fsp3) is 0.278. The van der Waals surface area contributed by atoms with Crippen LogP contribution in [0.5, 0.6) is 5.75 Å². The summed E-state index contributed by atoms with van der Waals surface area (Å²) < 4.78 is 5.18. The molecule has 3 heterocycles. The minimum Gasteiger partial charge on any atom is -0.497 e. The molecule has 4 rings (SSSR count). The molecule has 4 amide bonds. The Morgan fingerprint density at radius 1 is 1.19 bits per heavy atom. The molecule has 8 heteroatoms. The van der Waals surface area contributed by atoms with Crippen LogP contribution in [-0.4, -0.2) is 60.4 Å². The summed E-state index contributed by atoms with van der Waals surface area (Å²) in [6.45, 7) is 0.965. The first-order valence-corrected chi connectivity index (χ1v) is 9.09. The lowest BCUT2D eigenvalue weighted by Gasteiger charge is -2.35. The van der Waals surface area contributed by atoms with E-state index in [0.29, 0.717) is 29.4 Å². The number of fused-ring (bicyclic) bond motifs is 1. The quantitative estimate of drug-likeness (QED) is 0.775. The highest BCUT2D eigenvalue weighted by Crippen LogP contribution is 2.30. The molecule has 2 aromatic rings. The number of nitrogens with zero attached hydrogens (tertiary/aromatic N) is 3. The van der Waals surface area contributed by atoms with Crippen molar-refractivity contribution in [1.29, 1.82) is 0 Å². The lowest BCUT2D eigenvalue weighted by molar-refractivity contribution is -0.120. The van der Waals surface area contributed by atoms with Crippen LogP contribution in [-0.2, 0) is 4.79 Å². The van der Waals surface area contributed by atoms with E-state index in [1.807, 2.05) is 11.4 Å². The maximum atomic E-state index is 12.9. The molecule has 0 saturated carbocycles. The first-order valence-electron chi connectivity index (χ1n) is 8.21.